The first-order valence-electron chi connectivity index (χ1n) is 11.3. The molecule has 1 amide bonds. The second kappa shape index (κ2) is 10.2. The van der Waals surface area contributed by atoms with Gasteiger partial charge in [0.2, 0.25) is 0 Å². The van der Waals surface area contributed by atoms with Crippen LogP contribution >= 0.6 is 11.8 Å². The van der Waals surface area contributed by atoms with Crippen molar-refractivity contribution in [1.29, 1.82) is 5.41 Å². The molecule has 6 nitrogen and oxygen atoms in total. The number of fused-ring (bicyclic) bond motifs is 1. The minimum atomic E-state index is -0.462. The zero-order chi connectivity index (χ0) is 25.1. The van der Waals surface area contributed by atoms with Crippen molar-refractivity contribution in [3.63, 3.8) is 0 Å². The molecule has 0 spiro atoms. The van der Waals surface area contributed by atoms with Gasteiger partial charge in [0, 0.05) is 5.41 Å². The number of hydrogen-bond acceptors (Lipinski definition) is 5. The van der Waals surface area contributed by atoms with E-state index in [1.165, 1.54) is 23.9 Å². The molecule has 0 unspecified atom stereocenters. The quantitative estimate of drug-likeness (QED) is 0.397. The van der Waals surface area contributed by atoms with E-state index in [-0.39, 0.29) is 23.8 Å². The maximum absolute atomic E-state index is 13.2. The number of nitrogens with zero attached hydrogens (tertiary/aromatic N) is 2. The van der Waals surface area contributed by atoms with Crippen molar-refractivity contribution in [3.8, 4) is 11.5 Å². The molecule has 2 aliphatic rings. The molecule has 3 aromatic rings. The van der Waals surface area contributed by atoms with Gasteiger partial charge in [0.25, 0.3) is 5.91 Å². The van der Waals surface area contributed by atoms with Crippen LogP contribution in [0.25, 0.3) is 11.8 Å². The molecule has 3 aromatic carbocycles. The standard InChI is InChI=1S/C28H22FN3O3S/c1-2-34-25-15-19(10-13-24(25)35-16-18-8-11-21(29)12-9-18)14-22-26(30)32-23(20-6-4-3-5-7-20)17-36-28(32)31-27(22)33/h3-15,17,30H,2,16H2,1H3. The van der Waals surface area contributed by atoms with Crippen LogP contribution in [0.5, 0.6) is 11.5 Å². The Hall–Kier alpha value is -4.17. The van der Waals surface area contributed by atoms with Crippen LogP contribution in [0.4, 0.5) is 4.39 Å². The van der Waals surface area contributed by atoms with Crippen LogP contribution < -0.4 is 9.47 Å². The summed E-state index contributed by atoms with van der Waals surface area (Å²) in [5.74, 6) is 0.341. The number of rotatable bonds is 7. The molecule has 5 rings (SSSR count). The molecule has 2 aliphatic heterocycles. The Morgan fingerprint density at radius 1 is 1.03 bits per heavy atom. The van der Waals surface area contributed by atoms with Gasteiger partial charge >= 0.3 is 0 Å². The Labute approximate surface area is 212 Å². The van der Waals surface area contributed by atoms with E-state index in [0.29, 0.717) is 28.8 Å². The fourth-order valence-electron chi connectivity index (χ4n) is 3.82. The lowest BCUT2D eigenvalue weighted by Gasteiger charge is -2.27. The third-order valence-electron chi connectivity index (χ3n) is 5.57. The highest BCUT2D eigenvalue weighted by atomic mass is 32.2. The van der Waals surface area contributed by atoms with Crippen molar-refractivity contribution in [2.24, 2.45) is 4.99 Å². The van der Waals surface area contributed by atoms with Gasteiger partial charge in [-0.3, -0.25) is 15.1 Å². The molecule has 0 saturated carbocycles. The molecule has 2 heterocycles. The summed E-state index contributed by atoms with van der Waals surface area (Å²) in [6.07, 6.45) is 1.64. The lowest BCUT2D eigenvalue weighted by Crippen LogP contribution is -2.38. The number of amidine groups is 2. The molecule has 180 valence electrons. The highest BCUT2D eigenvalue weighted by molar-refractivity contribution is 8.17. The summed E-state index contributed by atoms with van der Waals surface area (Å²) in [6, 6.07) is 21.1. The van der Waals surface area contributed by atoms with Gasteiger partial charge < -0.3 is 9.47 Å². The topological polar surface area (TPSA) is 75.0 Å². The molecule has 0 radical (unpaired) electrons. The Balaban J connectivity index is 1.41. The van der Waals surface area contributed by atoms with E-state index >= 15 is 0 Å². The molecule has 8 heteroatoms. The van der Waals surface area contributed by atoms with Crippen LogP contribution in [-0.4, -0.2) is 28.4 Å². The number of thioether (sulfide) groups is 1. The first-order valence-corrected chi connectivity index (χ1v) is 12.2. The van der Waals surface area contributed by atoms with Gasteiger partial charge in [-0.1, -0.05) is 60.3 Å². The van der Waals surface area contributed by atoms with Crippen molar-refractivity contribution < 1.29 is 18.7 Å². The number of carbonyl (C=O) groups is 1. The summed E-state index contributed by atoms with van der Waals surface area (Å²) in [5.41, 5.74) is 3.44. The van der Waals surface area contributed by atoms with Crippen molar-refractivity contribution in [1.82, 2.24) is 4.90 Å². The number of halogens is 1. The van der Waals surface area contributed by atoms with Crippen LogP contribution in [-0.2, 0) is 11.4 Å². The van der Waals surface area contributed by atoms with Gasteiger partial charge in [-0.25, -0.2) is 4.39 Å². The molecular formula is C28H22FN3O3S. The summed E-state index contributed by atoms with van der Waals surface area (Å²) in [5, 5.41) is 11.2. The fourth-order valence-corrected chi connectivity index (χ4v) is 4.71. The summed E-state index contributed by atoms with van der Waals surface area (Å²) in [6.45, 7) is 2.54. The molecular weight excluding hydrogens is 477 g/mol. The van der Waals surface area contributed by atoms with Gasteiger partial charge in [0.05, 0.1) is 17.9 Å². The van der Waals surface area contributed by atoms with Crippen LogP contribution in [0.15, 0.2) is 88.8 Å². The molecule has 36 heavy (non-hydrogen) atoms. The molecule has 0 bridgehead atoms. The van der Waals surface area contributed by atoms with Gasteiger partial charge in [-0.2, -0.15) is 4.99 Å². The predicted octanol–water partition coefficient (Wildman–Crippen LogP) is 6.11. The number of benzene rings is 3. The highest BCUT2D eigenvalue weighted by Crippen LogP contribution is 2.38. The monoisotopic (exact) mass is 499 g/mol. The predicted molar refractivity (Wildman–Crippen MR) is 140 cm³/mol. The first-order chi connectivity index (χ1) is 17.5. The second-order valence-electron chi connectivity index (χ2n) is 7.98. The summed E-state index contributed by atoms with van der Waals surface area (Å²) in [4.78, 5) is 18.7. The number of aliphatic imine (C=N–C) groups is 1. The minimum absolute atomic E-state index is 0.0692. The van der Waals surface area contributed by atoms with Gasteiger partial charge in [-0.15, -0.1) is 0 Å². The SMILES string of the molecule is CCOc1cc(C=C2C(=N)N3C(c4ccccc4)=CSC3=NC2=O)ccc1OCc1ccc(F)cc1. The zero-order valence-electron chi connectivity index (χ0n) is 19.4. The van der Waals surface area contributed by atoms with Gasteiger partial charge in [-0.05, 0) is 54.0 Å². The van der Waals surface area contributed by atoms with Crippen LogP contribution in [0, 0.1) is 11.2 Å². The summed E-state index contributed by atoms with van der Waals surface area (Å²) in [7, 11) is 0. The second-order valence-corrected chi connectivity index (χ2v) is 8.82. The summed E-state index contributed by atoms with van der Waals surface area (Å²) < 4.78 is 24.8. The van der Waals surface area contributed by atoms with E-state index in [0.717, 1.165) is 16.8 Å². The third kappa shape index (κ3) is 4.81. The first kappa shape index (κ1) is 23.6. The van der Waals surface area contributed by atoms with Crippen LogP contribution in [0.1, 0.15) is 23.6 Å². The lowest BCUT2D eigenvalue weighted by atomic mass is 10.1. The van der Waals surface area contributed by atoms with Crippen LogP contribution in [0.2, 0.25) is 0 Å². The van der Waals surface area contributed by atoms with E-state index in [1.54, 1.807) is 41.3 Å². The Kier molecular flexibility index (Phi) is 6.69. The molecule has 0 fully saturated rings. The van der Waals surface area contributed by atoms with Crippen molar-refractivity contribution in [2.45, 2.75) is 13.5 Å². The average molecular weight is 500 g/mol. The third-order valence-corrected chi connectivity index (χ3v) is 6.40. The minimum Gasteiger partial charge on any atom is -0.490 e. The number of carbonyl (C=O) groups excluding carboxylic acids is 1. The molecule has 0 aromatic heterocycles. The fraction of sp³-hybridized carbons (Fsp3) is 0.107. The average Bonchev–Trinajstić information content (AvgIpc) is 3.31. The number of hydrogen-bond donors (Lipinski definition) is 1. The highest BCUT2D eigenvalue weighted by Gasteiger charge is 2.36. The van der Waals surface area contributed by atoms with E-state index in [9.17, 15) is 9.18 Å². The maximum Gasteiger partial charge on any atom is 0.283 e. The van der Waals surface area contributed by atoms with E-state index in [2.05, 4.69) is 4.99 Å². The van der Waals surface area contributed by atoms with Crippen molar-refractivity contribution >= 4 is 40.4 Å². The lowest BCUT2D eigenvalue weighted by molar-refractivity contribution is -0.114. The van der Waals surface area contributed by atoms with Gasteiger partial charge in [0.1, 0.15) is 18.3 Å². The van der Waals surface area contributed by atoms with Crippen molar-refractivity contribution in [2.75, 3.05) is 6.61 Å². The van der Waals surface area contributed by atoms with Gasteiger partial charge in [0.15, 0.2) is 16.7 Å². The van der Waals surface area contributed by atoms with E-state index in [4.69, 9.17) is 14.9 Å². The number of ether oxygens (including phenoxy) is 2. The van der Waals surface area contributed by atoms with E-state index in [1.807, 2.05) is 42.7 Å². The molecule has 0 aliphatic carbocycles. The molecule has 1 N–H and O–H groups in total. The Morgan fingerprint density at radius 2 is 1.81 bits per heavy atom. The smallest absolute Gasteiger partial charge is 0.283 e. The molecule has 0 saturated heterocycles. The van der Waals surface area contributed by atoms with Crippen molar-refractivity contribution in [3.05, 3.63) is 106 Å². The van der Waals surface area contributed by atoms with Crippen LogP contribution in [0.3, 0.4) is 0 Å². The molecule has 0 atom stereocenters. The number of amides is 1. The maximum atomic E-state index is 13.2. The normalized spacial score (nSPS) is 16.1. The zero-order valence-corrected chi connectivity index (χ0v) is 20.2. The van der Waals surface area contributed by atoms with E-state index < -0.39 is 5.91 Å². The Bertz CT molecular complexity index is 1420. The number of nitrogens with one attached hydrogen (secondary N) is 1. The Morgan fingerprint density at radius 3 is 2.56 bits per heavy atom. The largest absolute Gasteiger partial charge is 0.490 e. The summed E-state index contributed by atoms with van der Waals surface area (Å²) >= 11 is 1.33.